The van der Waals surface area contributed by atoms with E-state index in [9.17, 15) is 0 Å². The van der Waals surface area contributed by atoms with E-state index in [1.54, 1.807) is 0 Å². The molecule has 0 saturated carbocycles. The summed E-state index contributed by atoms with van der Waals surface area (Å²) in [5.41, 5.74) is 0. The van der Waals surface area contributed by atoms with Gasteiger partial charge in [-0.2, -0.15) is 0 Å². The quantitative estimate of drug-likeness (QED) is 0.248. The predicted molar refractivity (Wildman–Crippen MR) is 12.4 cm³/mol. The molecule has 0 spiro atoms. The van der Waals surface area contributed by atoms with Crippen molar-refractivity contribution in [2.75, 3.05) is 0 Å². The molecule has 5 nitrogen and oxygen atoms in total. The van der Waals surface area contributed by atoms with Gasteiger partial charge in [0.2, 0.25) is 0 Å². The first-order chi connectivity index (χ1) is 2.00. The Hall–Kier alpha value is 0.349. The maximum absolute atomic E-state index is 8.52. The summed E-state index contributed by atoms with van der Waals surface area (Å²) in [5.74, 6) is 0. The summed E-state index contributed by atoms with van der Waals surface area (Å²) in [4.78, 5) is 0. The first-order valence-electron chi connectivity index (χ1n) is 0.667. The number of hydrogen-bond donors (Lipinski definition) is 0. The van der Waals surface area contributed by atoms with Gasteiger partial charge in [0, 0.05) is 10.4 Å². The van der Waals surface area contributed by atoms with E-state index in [4.69, 9.17) is 17.5 Å². The third-order valence-electron chi connectivity index (χ3n) is 0. The predicted octanol–water partition coefficient (Wildman–Crippen LogP) is -1.52. The summed E-state index contributed by atoms with van der Waals surface area (Å²) in [6.45, 7) is 0. The van der Waals surface area contributed by atoms with E-state index in [-0.39, 0.29) is 22.5 Å². The van der Waals surface area contributed by atoms with E-state index in [0.29, 0.717) is 0 Å². The number of hydrogen-bond acceptors (Lipinski definition) is 5. The van der Waals surface area contributed by atoms with Crippen molar-refractivity contribution in [3.8, 4) is 0 Å². The molecular formula is HFeO5S-. The Morgan fingerprint density at radius 1 is 1.14 bits per heavy atom. The third-order valence-corrected chi connectivity index (χ3v) is 0. The molecule has 0 heterocycles. The van der Waals surface area contributed by atoms with Gasteiger partial charge in [0.15, 0.2) is 0 Å². The Labute approximate surface area is 51.1 Å². The summed E-state index contributed by atoms with van der Waals surface area (Å²) >= 11 is 0. The fourth-order valence-electron chi connectivity index (χ4n) is 0. The minimum atomic E-state index is -5.17. The Bertz CT molecular complexity index is 91.2. The molecule has 0 amide bonds. The average molecular weight is 169 g/mol. The molecule has 0 saturated heterocycles. The molecule has 0 atom stereocenters. The molecule has 7 heavy (non-hydrogen) atoms. The van der Waals surface area contributed by atoms with Crippen molar-refractivity contribution in [3.63, 3.8) is 0 Å². The van der Waals surface area contributed by atoms with Gasteiger partial charge in [0.1, 0.15) is 0 Å². The van der Waals surface area contributed by atoms with Crippen molar-refractivity contribution >= 4 is 10.4 Å². The molecular weight excluding hydrogens is 168 g/mol. The first kappa shape index (κ1) is 15.7. The normalized spacial score (nSPS) is 8.29. The molecule has 0 aromatic heterocycles. The van der Waals surface area contributed by atoms with Crippen LogP contribution in [0, 0.1) is 0 Å². The van der Waals surface area contributed by atoms with Crippen molar-refractivity contribution in [2.24, 2.45) is 0 Å². The van der Waals surface area contributed by atoms with Gasteiger partial charge in [0.05, 0.1) is 0 Å². The maximum Gasteiger partial charge on any atom is 2.00 e. The average Bonchev–Trinajstić information content (AvgIpc) is 0.722. The second-order valence-electron chi connectivity index (χ2n) is 0.408. The zero-order valence-electron chi connectivity index (χ0n) is 2.84. The van der Waals surface area contributed by atoms with E-state index in [1.807, 2.05) is 0 Å². The van der Waals surface area contributed by atoms with Crippen LogP contribution in [0.25, 0.3) is 0 Å². The Kier molecular flexibility index (Phi) is 10.1. The van der Waals surface area contributed by atoms with Crippen LogP contribution in [-0.2, 0) is 27.5 Å². The van der Waals surface area contributed by atoms with Gasteiger partial charge in [0.25, 0.3) is 0 Å². The van der Waals surface area contributed by atoms with Gasteiger partial charge in [-0.1, -0.05) is 0 Å². The van der Waals surface area contributed by atoms with Gasteiger partial charge in [-0.3, -0.25) is 8.42 Å². The van der Waals surface area contributed by atoms with Crippen LogP contribution in [-0.4, -0.2) is 23.0 Å². The molecule has 46 valence electrons. The molecule has 1 N–H and O–H groups in total. The fourth-order valence-corrected chi connectivity index (χ4v) is 0. The molecule has 0 bridgehead atoms. The third kappa shape index (κ3) is 983. The summed E-state index contributed by atoms with van der Waals surface area (Å²) < 4.78 is 34.1. The van der Waals surface area contributed by atoms with E-state index < -0.39 is 10.4 Å². The largest absolute Gasteiger partial charge is 2.00 e. The fraction of sp³-hybridized carbons (Fsp3) is 0. The van der Waals surface area contributed by atoms with Crippen LogP contribution in [0.3, 0.4) is 0 Å². The number of rotatable bonds is 0. The Morgan fingerprint density at radius 3 is 1.14 bits per heavy atom. The van der Waals surface area contributed by atoms with Crippen LogP contribution in [0.5, 0.6) is 0 Å². The molecule has 0 aliphatic rings. The molecule has 0 aliphatic carbocycles. The van der Waals surface area contributed by atoms with E-state index in [2.05, 4.69) is 0 Å². The molecule has 0 unspecified atom stereocenters. The van der Waals surface area contributed by atoms with Gasteiger partial charge < -0.3 is 14.6 Å². The van der Waals surface area contributed by atoms with Crippen molar-refractivity contribution < 1.29 is 40.1 Å². The van der Waals surface area contributed by atoms with Gasteiger partial charge in [-0.05, 0) is 0 Å². The smallest absolute Gasteiger partial charge is 0.870 e. The summed E-state index contributed by atoms with van der Waals surface area (Å²) in [5, 5.41) is 0. The van der Waals surface area contributed by atoms with E-state index >= 15 is 0 Å². The van der Waals surface area contributed by atoms with Crippen molar-refractivity contribution in [2.45, 2.75) is 0 Å². The topological polar surface area (TPSA) is 110 Å². The zero-order chi connectivity index (χ0) is 4.50. The molecule has 0 aromatic carbocycles. The van der Waals surface area contributed by atoms with Crippen molar-refractivity contribution in [1.82, 2.24) is 0 Å². The zero-order valence-corrected chi connectivity index (χ0v) is 4.76. The minimum Gasteiger partial charge on any atom is -0.870 e. The maximum atomic E-state index is 8.52. The monoisotopic (exact) mass is 169 g/mol. The SMILES string of the molecule is O=S(=O)([O-])[O-].[Fe+2].[OH-]. The summed E-state index contributed by atoms with van der Waals surface area (Å²) in [6.07, 6.45) is 0. The van der Waals surface area contributed by atoms with Gasteiger partial charge in [-0.15, -0.1) is 0 Å². The minimum absolute atomic E-state index is 0. The van der Waals surface area contributed by atoms with E-state index in [1.165, 1.54) is 0 Å². The molecule has 0 fully saturated rings. The van der Waals surface area contributed by atoms with Crippen LogP contribution < -0.4 is 0 Å². The van der Waals surface area contributed by atoms with Crippen molar-refractivity contribution in [1.29, 1.82) is 0 Å². The van der Waals surface area contributed by atoms with Crippen LogP contribution >= 0.6 is 0 Å². The van der Waals surface area contributed by atoms with Gasteiger partial charge in [-0.25, -0.2) is 0 Å². The first-order valence-corrected chi connectivity index (χ1v) is 2.00. The van der Waals surface area contributed by atoms with Gasteiger partial charge >= 0.3 is 17.1 Å². The van der Waals surface area contributed by atoms with Crippen molar-refractivity contribution in [3.05, 3.63) is 0 Å². The molecule has 0 aliphatic heterocycles. The van der Waals surface area contributed by atoms with Crippen LogP contribution in [0.15, 0.2) is 0 Å². The standard InChI is InChI=1S/Fe.H2O4S.H2O/c;1-5(2,3)4;/h;(H2,1,2,3,4);1H2/q+2;;/p-3. The summed E-state index contributed by atoms with van der Waals surface area (Å²) in [7, 11) is -5.17. The second-order valence-corrected chi connectivity index (χ2v) is 1.22. The Morgan fingerprint density at radius 2 is 1.14 bits per heavy atom. The molecule has 0 aromatic rings. The molecule has 7 heteroatoms. The van der Waals surface area contributed by atoms with Crippen LogP contribution in [0.1, 0.15) is 0 Å². The van der Waals surface area contributed by atoms with E-state index in [0.717, 1.165) is 0 Å². The molecule has 0 rings (SSSR count). The van der Waals surface area contributed by atoms with Crippen LogP contribution in [0.4, 0.5) is 0 Å². The second kappa shape index (κ2) is 4.51. The molecule has 0 radical (unpaired) electrons. The summed E-state index contributed by atoms with van der Waals surface area (Å²) in [6, 6.07) is 0. The Balaban J connectivity index is -0.0000000800. The van der Waals surface area contributed by atoms with Crippen LogP contribution in [0.2, 0.25) is 0 Å².